The zero-order valence-corrected chi connectivity index (χ0v) is 23.3. The average Bonchev–Trinajstić information content (AvgIpc) is 2.94. The van der Waals surface area contributed by atoms with E-state index in [1.165, 1.54) is 23.7 Å². The van der Waals surface area contributed by atoms with E-state index in [0.29, 0.717) is 5.16 Å². The van der Waals surface area contributed by atoms with Gasteiger partial charge in [-0.05, 0) is 62.9 Å². The highest BCUT2D eigenvalue weighted by atomic mass is 32.2. The third-order valence-corrected chi connectivity index (χ3v) is 9.09. The molecular weight excluding hydrogens is 502 g/mol. The molecule has 1 aromatic heterocycles. The molecule has 198 valence electrons. The maximum Gasteiger partial charge on any atom is 0.263 e. The van der Waals surface area contributed by atoms with Gasteiger partial charge in [0.05, 0.1) is 22.7 Å². The second kappa shape index (κ2) is 10.5. The molecule has 3 aromatic carbocycles. The van der Waals surface area contributed by atoms with E-state index >= 15 is 0 Å². The van der Waals surface area contributed by atoms with E-state index in [1.54, 1.807) is 4.57 Å². The Balaban J connectivity index is 1.46. The number of rotatable bonds is 5. The van der Waals surface area contributed by atoms with E-state index in [2.05, 4.69) is 23.5 Å². The number of aryl methyl sites for hydroxylation is 2. The molecule has 0 unspecified atom stereocenters. The first-order chi connectivity index (χ1) is 18.9. The minimum Gasteiger partial charge on any atom is -0.325 e. The van der Waals surface area contributed by atoms with Crippen LogP contribution in [-0.2, 0) is 16.6 Å². The van der Waals surface area contributed by atoms with Crippen LogP contribution in [0.15, 0.2) is 82.7 Å². The lowest BCUT2D eigenvalue weighted by atomic mass is 9.62. The molecular formula is C33H33N3O2S. The number of hydrogen-bond acceptors (Lipinski definition) is 4. The summed E-state index contributed by atoms with van der Waals surface area (Å²) < 4.78 is 1.74. The zero-order valence-electron chi connectivity index (χ0n) is 22.5. The Morgan fingerprint density at radius 1 is 0.923 bits per heavy atom. The van der Waals surface area contributed by atoms with Gasteiger partial charge in [-0.25, -0.2) is 4.98 Å². The predicted molar refractivity (Wildman–Crippen MR) is 159 cm³/mol. The summed E-state index contributed by atoms with van der Waals surface area (Å²) in [5.41, 5.74) is 7.58. The van der Waals surface area contributed by atoms with Crippen molar-refractivity contribution in [1.82, 2.24) is 9.55 Å². The summed E-state index contributed by atoms with van der Waals surface area (Å²) in [5, 5.41) is 3.52. The maximum atomic E-state index is 14.6. The van der Waals surface area contributed by atoms with Crippen molar-refractivity contribution in [3.8, 4) is 16.9 Å². The highest BCUT2D eigenvalue weighted by molar-refractivity contribution is 7.99. The van der Waals surface area contributed by atoms with Crippen molar-refractivity contribution in [3.63, 3.8) is 0 Å². The van der Waals surface area contributed by atoms with Crippen molar-refractivity contribution in [2.24, 2.45) is 0 Å². The number of carbonyl (C=O) groups excluding carboxylic acids is 1. The monoisotopic (exact) mass is 535 g/mol. The maximum absolute atomic E-state index is 14.6. The fourth-order valence-corrected chi connectivity index (χ4v) is 6.98. The number of anilines is 1. The van der Waals surface area contributed by atoms with E-state index in [4.69, 9.17) is 4.98 Å². The summed E-state index contributed by atoms with van der Waals surface area (Å²) in [7, 11) is 0. The van der Waals surface area contributed by atoms with E-state index in [-0.39, 0.29) is 22.6 Å². The Morgan fingerprint density at radius 3 is 2.31 bits per heavy atom. The van der Waals surface area contributed by atoms with Crippen molar-refractivity contribution in [2.75, 3.05) is 11.1 Å². The fourth-order valence-electron chi connectivity index (χ4n) is 6.17. The van der Waals surface area contributed by atoms with Crippen LogP contribution in [0.1, 0.15) is 54.4 Å². The van der Waals surface area contributed by atoms with Crippen molar-refractivity contribution < 1.29 is 4.79 Å². The molecule has 2 aliphatic carbocycles. The van der Waals surface area contributed by atoms with Gasteiger partial charge in [0, 0.05) is 16.7 Å². The topological polar surface area (TPSA) is 64.0 Å². The van der Waals surface area contributed by atoms with Crippen LogP contribution in [0.3, 0.4) is 0 Å². The molecule has 1 spiro atoms. The van der Waals surface area contributed by atoms with Crippen LogP contribution in [0, 0.1) is 13.8 Å². The molecule has 0 aliphatic heterocycles. The van der Waals surface area contributed by atoms with Crippen LogP contribution in [0.2, 0.25) is 0 Å². The van der Waals surface area contributed by atoms with Gasteiger partial charge in [0.1, 0.15) is 0 Å². The van der Waals surface area contributed by atoms with Crippen LogP contribution < -0.4 is 10.9 Å². The van der Waals surface area contributed by atoms with E-state index in [0.717, 1.165) is 71.4 Å². The minimum absolute atomic E-state index is 0.00157. The van der Waals surface area contributed by atoms with Gasteiger partial charge >= 0.3 is 0 Å². The van der Waals surface area contributed by atoms with Crippen molar-refractivity contribution >= 4 is 23.4 Å². The number of aromatic nitrogens is 2. The number of carbonyl (C=O) groups is 1. The smallest absolute Gasteiger partial charge is 0.263 e. The predicted octanol–water partition coefficient (Wildman–Crippen LogP) is 7.01. The van der Waals surface area contributed by atoms with Crippen LogP contribution in [0.5, 0.6) is 0 Å². The first-order valence-corrected chi connectivity index (χ1v) is 14.7. The minimum atomic E-state index is -0.190. The number of fused-ring (bicyclic) bond motifs is 4. The summed E-state index contributed by atoms with van der Waals surface area (Å²) in [4.78, 5) is 32.7. The number of thioether (sulfide) groups is 1. The lowest BCUT2D eigenvalue weighted by Gasteiger charge is -2.42. The second-order valence-corrected chi connectivity index (χ2v) is 11.9. The van der Waals surface area contributed by atoms with Crippen LogP contribution in [0.4, 0.5) is 5.69 Å². The standard InChI is InChI=1S/C33H33N3O2S/c1-22-10-14-25(15-11-22)34-28(37)21-39-32-35-30-27-9-5-4-8-24(27)20-33(18-6-3-7-19-33)29(30)31(38)36(32)26-16-12-23(2)13-17-26/h4-5,8-17H,3,6-7,18-21H2,1-2H3,(H,34,37). The molecule has 1 fully saturated rings. The summed E-state index contributed by atoms with van der Waals surface area (Å²) in [6.45, 7) is 4.06. The first kappa shape index (κ1) is 25.6. The molecule has 1 heterocycles. The number of benzene rings is 3. The quantitative estimate of drug-likeness (QED) is 0.221. The third-order valence-electron chi connectivity index (χ3n) is 8.15. The van der Waals surface area contributed by atoms with Gasteiger partial charge in [0.25, 0.3) is 5.56 Å². The molecule has 1 saturated carbocycles. The Bertz CT molecular complexity index is 1580. The lowest BCUT2D eigenvalue weighted by molar-refractivity contribution is -0.113. The van der Waals surface area contributed by atoms with E-state index in [1.807, 2.05) is 68.4 Å². The molecule has 0 radical (unpaired) electrons. The number of nitrogens with one attached hydrogen (secondary N) is 1. The van der Waals surface area contributed by atoms with Gasteiger partial charge in [-0.3, -0.25) is 14.2 Å². The molecule has 1 amide bonds. The molecule has 4 aromatic rings. The van der Waals surface area contributed by atoms with Gasteiger partial charge < -0.3 is 5.32 Å². The Labute approximate surface area is 233 Å². The van der Waals surface area contributed by atoms with Crippen molar-refractivity contribution in [3.05, 3.63) is 105 Å². The zero-order chi connectivity index (χ0) is 27.0. The second-order valence-electron chi connectivity index (χ2n) is 11.0. The fraction of sp³-hybridized carbons (Fsp3) is 0.303. The molecule has 1 N–H and O–H groups in total. The Morgan fingerprint density at radius 2 is 1.59 bits per heavy atom. The SMILES string of the molecule is Cc1ccc(NC(=O)CSc2nc3c(c(=O)n2-c2ccc(C)cc2)C2(CCCCC2)Cc2ccccc2-3)cc1. The normalized spacial score (nSPS) is 15.4. The van der Waals surface area contributed by atoms with Crippen molar-refractivity contribution in [2.45, 2.75) is 62.9 Å². The van der Waals surface area contributed by atoms with Crippen molar-refractivity contribution in [1.29, 1.82) is 0 Å². The van der Waals surface area contributed by atoms with E-state index < -0.39 is 0 Å². The van der Waals surface area contributed by atoms with Gasteiger partial charge in [0.2, 0.25) is 5.91 Å². The summed E-state index contributed by atoms with van der Waals surface area (Å²) >= 11 is 1.31. The largest absolute Gasteiger partial charge is 0.325 e. The van der Waals surface area contributed by atoms with Gasteiger partial charge in [-0.15, -0.1) is 0 Å². The summed E-state index contributed by atoms with van der Waals surface area (Å²) in [5.74, 6) is 0.0213. The van der Waals surface area contributed by atoms with Crippen LogP contribution in [-0.4, -0.2) is 21.2 Å². The molecule has 0 saturated heterocycles. The average molecular weight is 536 g/mol. The highest BCUT2D eigenvalue weighted by Crippen LogP contribution is 2.49. The number of amides is 1. The summed E-state index contributed by atoms with van der Waals surface area (Å²) in [6.07, 6.45) is 6.35. The third kappa shape index (κ3) is 4.94. The van der Waals surface area contributed by atoms with Crippen LogP contribution in [0.25, 0.3) is 16.9 Å². The first-order valence-electron chi connectivity index (χ1n) is 13.8. The number of nitrogens with zero attached hydrogens (tertiary/aromatic N) is 2. The Hall–Kier alpha value is -3.64. The van der Waals surface area contributed by atoms with E-state index in [9.17, 15) is 9.59 Å². The van der Waals surface area contributed by atoms with Gasteiger partial charge in [-0.2, -0.15) is 0 Å². The molecule has 2 aliphatic rings. The molecule has 39 heavy (non-hydrogen) atoms. The molecule has 0 bridgehead atoms. The molecule has 0 atom stereocenters. The molecule has 6 heteroatoms. The highest BCUT2D eigenvalue weighted by Gasteiger charge is 2.43. The van der Waals surface area contributed by atoms with Crippen LogP contribution >= 0.6 is 11.8 Å². The molecule has 6 rings (SSSR count). The molecule has 5 nitrogen and oxygen atoms in total. The Kier molecular flexibility index (Phi) is 6.90. The van der Waals surface area contributed by atoms with Gasteiger partial charge in [-0.1, -0.05) is 90.7 Å². The van der Waals surface area contributed by atoms with Gasteiger partial charge in [0.15, 0.2) is 5.16 Å². The summed E-state index contributed by atoms with van der Waals surface area (Å²) in [6, 6.07) is 24.1. The number of hydrogen-bond donors (Lipinski definition) is 1. The lowest BCUT2D eigenvalue weighted by Crippen LogP contribution is -2.43.